The summed E-state index contributed by atoms with van der Waals surface area (Å²) in [6.45, 7) is 0.819. The van der Waals surface area contributed by atoms with Crippen molar-refractivity contribution in [2.24, 2.45) is 0 Å². The Hall–Kier alpha value is -1.05. The highest BCUT2D eigenvalue weighted by atomic mass is 79.9. The highest BCUT2D eigenvalue weighted by Gasteiger charge is 2.44. The Kier molecular flexibility index (Phi) is 4.47. The SMILES string of the molecule is O=C(C1CC(F)(F)CN1)N1CCOC(c2ccc(Br)cc2)C1. The molecule has 0 aromatic heterocycles. The largest absolute Gasteiger partial charge is 0.370 e. The second kappa shape index (κ2) is 6.22. The Morgan fingerprint density at radius 1 is 1.36 bits per heavy atom. The average Bonchev–Trinajstić information content (AvgIpc) is 2.87. The van der Waals surface area contributed by atoms with Gasteiger partial charge in [0.2, 0.25) is 5.91 Å². The van der Waals surface area contributed by atoms with Crippen molar-refractivity contribution in [2.45, 2.75) is 24.5 Å². The third-order valence-corrected chi connectivity index (χ3v) is 4.56. The van der Waals surface area contributed by atoms with Crippen molar-refractivity contribution >= 4 is 21.8 Å². The van der Waals surface area contributed by atoms with Crippen molar-refractivity contribution in [1.82, 2.24) is 10.2 Å². The monoisotopic (exact) mass is 374 g/mol. The van der Waals surface area contributed by atoms with Crippen molar-refractivity contribution in [3.8, 4) is 0 Å². The molecule has 0 aliphatic carbocycles. The first-order chi connectivity index (χ1) is 10.4. The lowest BCUT2D eigenvalue weighted by Crippen LogP contribution is -2.49. The van der Waals surface area contributed by atoms with Crippen LogP contribution in [0, 0.1) is 0 Å². The zero-order chi connectivity index (χ0) is 15.7. The van der Waals surface area contributed by atoms with E-state index in [4.69, 9.17) is 4.74 Å². The summed E-state index contributed by atoms with van der Waals surface area (Å²) >= 11 is 3.38. The highest BCUT2D eigenvalue weighted by Crippen LogP contribution is 2.28. The van der Waals surface area contributed by atoms with Gasteiger partial charge in [0.05, 0.1) is 25.7 Å². The fourth-order valence-corrected chi connectivity index (χ4v) is 3.10. The van der Waals surface area contributed by atoms with Crippen LogP contribution >= 0.6 is 15.9 Å². The van der Waals surface area contributed by atoms with E-state index < -0.39 is 24.9 Å². The molecule has 2 unspecified atom stereocenters. The Balaban J connectivity index is 1.65. The first kappa shape index (κ1) is 15.8. The van der Waals surface area contributed by atoms with Crippen molar-refractivity contribution in [3.05, 3.63) is 34.3 Å². The molecule has 0 saturated carbocycles. The normalized spacial score (nSPS) is 27.9. The first-order valence-electron chi connectivity index (χ1n) is 7.22. The molecule has 1 aromatic rings. The van der Waals surface area contributed by atoms with Gasteiger partial charge in [-0.1, -0.05) is 28.1 Å². The summed E-state index contributed by atoms with van der Waals surface area (Å²) in [5, 5.41) is 2.62. The van der Waals surface area contributed by atoms with Crippen LogP contribution in [0.4, 0.5) is 8.78 Å². The molecule has 7 heteroatoms. The van der Waals surface area contributed by atoms with Crippen LogP contribution in [-0.4, -0.2) is 49.0 Å². The summed E-state index contributed by atoms with van der Waals surface area (Å²) in [4.78, 5) is 14.0. The van der Waals surface area contributed by atoms with Crippen LogP contribution in [-0.2, 0) is 9.53 Å². The second-order valence-corrected chi connectivity index (χ2v) is 6.60. The Labute approximate surface area is 135 Å². The van der Waals surface area contributed by atoms with Gasteiger partial charge in [0.25, 0.3) is 5.92 Å². The average molecular weight is 375 g/mol. The molecule has 2 fully saturated rings. The summed E-state index contributed by atoms with van der Waals surface area (Å²) in [6.07, 6.45) is -0.640. The van der Waals surface area contributed by atoms with E-state index in [0.717, 1.165) is 10.0 Å². The number of nitrogens with one attached hydrogen (secondary N) is 1. The summed E-state index contributed by atoms with van der Waals surface area (Å²) in [6, 6.07) is 6.91. The smallest absolute Gasteiger partial charge is 0.262 e. The molecule has 2 aliphatic heterocycles. The zero-order valence-electron chi connectivity index (χ0n) is 11.9. The molecule has 2 atom stereocenters. The maximum atomic E-state index is 13.2. The number of hydrogen-bond donors (Lipinski definition) is 1. The van der Waals surface area contributed by atoms with E-state index in [1.165, 1.54) is 0 Å². The van der Waals surface area contributed by atoms with Gasteiger partial charge >= 0.3 is 0 Å². The molecule has 1 aromatic carbocycles. The fourth-order valence-electron chi connectivity index (χ4n) is 2.84. The number of morpholine rings is 1. The minimum atomic E-state index is -2.79. The van der Waals surface area contributed by atoms with E-state index in [1.807, 2.05) is 24.3 Å². The summed E-state index contributed by atoms with van der Waals surface area (Å²) in [5.74, 6) is -3.06. The fraction of sp³-hybridized carbons (Fsp3) is 0.533. The third kappa shape index (κ3) is 3.47. The van der Waals surface area contributed by atoms with Gasteiger partial charge in [-0.2, -0.15) is 0 Å². The summed E-state index contributed by atoms with van der Waals surface area (Å²) < 4.78 is 33.2. The van der Waals surface area contributed by atoms with Crippen molar-refractivity contribution in [3.63, 3.8) is 0 Å². The predicted molar refractivity (Wildman–Crippen MR) is 80.8 cm³/mol. The van der Waals surface area contributed by atoms with E-state index in [0.29, 0.717) is 19.7 Å². The van der Waals surface area contributed by atoms with Crippen molar-refractivity contribution in [1.29, 1.82) is 0 Å². The van der Waals surface area contributed by atoms with Gasteiger partial charge in [-0.05, 0) is 17.7 Å². The van der Waals surface area contributed by atoms with Crippen LogP contribution in [0.2, 0.25) is 0 Å². The molecular weight excluding hydrogens is 358 g/mol. The van der Waals surface area contributed by atoms with E-state index in [2.05, 4.69) is 21.2 Å². The standard InChI is InChI=1S/C15H17BrF2N2O2/c16-11-3-1-10(2-4-11)13-8-20(5-6-22-13)14(21)12-7-15(17,18)9-19-12/h1-4,12-13,19H,5-9H2. The van der Waals surface area contributed by atoms with Gasteiger partial charge in [0.15, 0.2) is 0 Å². The van der Waals surface area contributed by atoms with E-state index in [1.54, 1.807) is 4.90 Å². The molecule has 1 N–H and O–H groups in total. The van der Waals surface area contributed by atoms with Crippen LogP contribution in [0.25, 0.3) is 0 Å². The summed E-state index contributed by atoms with van der Waals surface area (Å²) in [5.41, 5.74) is 0.977. The van der Waals surface area contributed by atoms with Crippen LogP contribution in [0.1, 0.15) is 18.1 Å². The summed E-state index contributed by atoms with van der Waals surface area (Å²) in [7, 11) is 0. The number of alkyl halides is 2. The number of amides is 1. The van der Waals surface area contributed by atoms with Gasteiger partial charge in [-0.3, -0.25) is 10.1 Å². The van der Waals surface area contributed by atoms with E-state index in [9.17, 15) is 13.6 Å². The molecule has 0 spiro atoms. The Morgan fingerprint density at radius 3 is 2.73 bits per heavy atom. The molecule has 22 heavy (non-hydrogen) atoms. The van der Waals surface area contributed by atoms with E-state index >= 15 is 0 Å². The van der Waals surface area contributed by atoms with Gasteiger partial charge in [-0.15, -0.1) is 0 Å². The first-order valence-corrected chi connectivity index (χ1v) is 8.01. The minimum absolute atomic E-state index is 0.215. The number of ether oxygens (including phenoxy) is 1. The van der Waals surface area contributed by atoms with Crippen molar-refractivity contribution in [2.75, 3.05) is 26.2 Å². The van der Waals surface area contributed by atoms with Gasteiger partial charge in [-0.25, -0.2) is 8.78 Å². The quantitative estimate of drug-likeness (QED) is 0.863. The zero-order valence-corrected chi connectivity index (χ0v) is 13.5. The maximum absolute atomic E-state index is 13.2. The van der Waals surface area contributed by atoms with Gasteiger partial charge in [0, 0.05) is 17.4 Å². The number of carbonyl (C=O) groups excluding carboxylic acids is 1. The Morgan fingerprint density at radius 2 is 2.09 bits per heavy atom. The molecule has 3 rings (SSSR count). The second-order valence-electron chi connectivity index (χ2n) is 5.69. The number of benzene rings is 1. The van der Waals surface area contributed by atoms with Crippen LogP contribution < -0.4 is 5.32 Å². The third-order valence-electron chi connectivity index (χ3n) is 4.03. The van der Waals surface area contributed by atoms with Gasteiger partial charge in [0.1, 0.15) is 6.10 Å². The minimum Gasteiger partial charge on any atom is -0.370 e. The van der Waals surface area contributed by atoms with Crippen LogP contribution in [0.3, 0.4) is 0 Å². The van der Waals surface area contributed by atoms with Crippen LogP contribution in [0.15, 0.2) is 28.7 Å². The van der Waals surface area contributed by atoms with E-state index in [-0.39, 0.29) is 12.0 Å². The van der Waals surface area contributed by atoms with Crippen LogP contribution in [0.5, 0.6) is 0 Å². The van der Waals surface area contributed by atoms with Crippen molar-refractivity contribution < 1.29 is 18.3 Å². The number of carbonyl (C=O) groups is 1. The molecule has 0 bridgehead atoms. The number of halogens is 3. The lowest BCUT2D eigenvalue weighted by Gasteiger charge is -2.34. The molecular formula is C15H17BrF2N2O2. The lowest BCUT2D eigenvalue weighted by molar-refractivity contribution is -0.141. The predicted octanol–water partition coefficient (Wildman–Crippen LogP) is 2.35. The number of rotatable bonds is 2. The Bertz CT molecular complexity index is 553. The highest BCUT2D eigenvalue weighted by molar-refractivity contribution is 9.10. The van der Waals surface area contributed by atoms with Gasteiger partial charge < -0.3 is 9.64 Å². The molecule has 2 heterocycles. The number of hydrogen-bond acceptors (Lipinski definition) is 3. The molecule has 2 aliphatic rings. The number of nitrogens with zero attached hydrogens (tertiary/aromatic N) is 1. The molecule has 120 valence electrons. The topological polar surface area (TPSA) is 41.6 Å². The molecule has 2 saturated heterocycles. The molecule has 1 amide bonds. The molecule has 0 radical (unpaired) electrons. The molecule has 4 nitrogen and oxygen atoms in total. The maximum Gasteiger partial charge on any atom is 0.262 e. The lowest BCUT2D eigenvalue weighted by atomic mass is 10.1.